The molecule has 0 aliphatic heterocycles. The predicted octanol–water partition coefficient (Wildman–Crippen LogP) is 3.94. The number of nitriles is 1. The first kappa shape index (κ1) is 14.4. The van der Waals surface area contributed by atoms with E-state index in [1.165, 1.54) is 5.56 Å². The average molecular weight is 277 g/mol. The van der Waals surface area contributed by atoms with Crippen molar-refractivity contribution in [1.29, 1.82) is 5.26 Å². The molecule has 1 N–H and O–H groups in total. The Kier molecular flexibility index (Phi) is 4.85. The number of nitrogens with one attached hydrogen (secondary N) is 1. The molecule has 0 spiro atoms. The van der Waals surface area contributed by atoms with E-state index in [0.717, 1.165) is 49.6 Å². The third kappa shape index (κ3) is 3.96. The summed E-state index contributed by atoms with van der Waals surface area (Å²) < 4.78 is 0. The average Bonchev–Trinajstić information content (AvgIpc) is 2.42. The van der Waals surface area contributed by atoms with Gasteiger partial charge in [0.2, 0.25) is 0 Å². The summed E-state index contributed by atoms with van der Waals surface area (Å²) >= 11 is 5.97. The van der Waals surface area contributed by atoms with E-state index in [1.54, 1.807) is 0 Å². The second kappa shape index (κ2) is 6.41. The minimum absolute atomic E-state index is 0.301. The van der Waals surface area contributed by atoms with Crippen molar-refractivity contribution in [3.63, 3.8) is 0 Å². The fraction of sp³-hybridized carbons (Fsp3) is 0.562. The Balaban J connectivity index is 1.86. The Labute approximate surface area is 120 Å². The van der Waals surface area contributed by atoms with Crippen molar-refractivity contribution in [3.8, 4) is 6.07 Å². The first-order valence-electron chi connectivity index (χ1n) is 7.04. The molecule has 0 radical (unpaired) electrons. The lowest BCUT2D eigenvalue weighted by Crippen LogP contribution is -2.47. The molecule has 102 valence electrons. The smallest absolute Gasteiger partial charge is 0.106 e. The molecule has 0 atom stereocenters. The number of benzene rings is 1. The Morgan fingerprint density at radius 1 is 1.42 bits per heavy atom. The van der Waals surface area contributed by atoms with E-state index in [-0.39, 0.29) is 5.54 Å². The molecule has 1 aliphatic carbocycles. The molecule has 0 heterocycles. The number of rotatable bonds is 4. The number of hydrogen-bond acceptors (Lipinski definition) is 2. The Hall–Kier alpha value is -1.04. The van der Waals surface area contributed by atoms with Crippen LogP contribution in [0.3, 0.4) is 0 Å². The lowest BCUT2D eigenvalue weighted by molar-refractivity contribution is 0.250. The molecule has 0 unspecified atom stereocenters. The van der Waals surface area contributed by atoms with Gasteiger partial charge in [-0.15, -0.1) is 0 Å². The molecule has 0 saturated heterocycles. The fourth-order valence-electron chi connectivity index (χ4n) is 2.72. The summed E-state index contributed by atoms with van der Waals surface area (Å²) in [6.45, 7) is 3.11. The molecule has 2 nitrogen and oxygen atoms in total. The number of nitrogens with zero attached hydrogens (tertiary/aromatic N) is 1. The second-order valence-corrected chi connectivity index (χ2v) is 6.12. The van der Waals surface area contributed by atoms with Gasteiger partial charge in [-0.25, -0.2) is 0 Å². The quantitative estimate of drug-likeness (QED) is 0.904. The van der Waals surface area contributed by atoms with Crippen LogP contribution in [0.15, 0.2) is 24.3 Å². The second-order valence-electron chi connectivity index (χ2n) is 5.68. The van der Waals surface area contributed by atoms with Crippen LogP contribution in [0.2, 0.25) is 5.02 Å². The van der Waals surface area contributed by atoms with Crippen LogP contribution >= 0.6 is 11.6 Å². The van der Waals surface area contributed by atoms with Gasteiger partial charge in [0.15, 0.2) is 0 Å². The van der Waals surface area contributed by atoms with Gasteiger partial charge >= 0.3 is 0 Å². The van der Waals surface area contributed by atoms with E-state index >= 15 is 0 Å². The van der Waals surface area contributed by atoms with E-state index in [1.807, 2.05) is 18.2 Å². The summed E-state index contributed by atoms with van der Waals surface area (Å²) in [4.78, 5) is 0. The maximum atomic E-state index is 9.44. The third-order valence-electron chi connectivity index (χ3n) is 4.11. The highest BCUT2D eigenvalue weighted by Gasteiger charge is 2.33. The molecule has 1 fully saturated rings. The molecular weight excluding hydrogens is 256 g/mol. The summed E-state index contributed by atoms with van der Waals surface area (Å²) in [7, 11) is 0. The van der Waals surface area contributed by atoms with Crippen molar-refractivity contribution in [3.05, 3.63) is 34.9 Å². The van der Waals surface area contributed by atoms with Gasteiger partial charge in [0.25, 0.3) is 0 Å². The zero-order chi connectivity index (χ0) is 13.7. The molecule has 1 aliphatic rings. The first-order valence-corrected chi connectivity index (χ1v) is 7.42. The maximum Gasteiger partial charge on any atom is 0.106 e. The van der Waals surface area contributed by atoms with E-state index < -0.39 is 0 Å². The van der Waals surface area contributed by atoms with Crippen molar-refractivity contribution < 1.29 is 0 Å². The van der Waals surface area contributed by atoms with E-state index in [9.17, 15) is 5.26 Å². The van der Waals surface area contributed by atoms with Crippen molar-refractivity contribution in [2.75, 3.05) is 6.54 Å². The summed E-state index contributed by atoms with van der Waals surface area (Å²) in [5, 5.41) is 13.7. The molecule has 1 aromatic carbocycles. The van der Waals surface area contributed by atoms with Gasteiger partial charge < -0.3 is 0 Å². The van der Waals surface area contributed by atoms with Crippen LogP contribution < -0.4 is 5.32 Å². The van der Waals surface area contributed by atoms with Crippen molar-refractivity contribution in [2.24, 2.45) is 5.92 Å². The highest BCUT2D eigenvalue weighted by Crippen LogP contribution is 2.31. The van der Waals surface area contributed by atoms with E-state index in [0.29, 0.717) is 0 Å². The van der Waals surface area contributed by atoms with Gasteiger partial charge in [-0.2, -0.15) is 5.26 Å². The van der Waals surface area contributed by atoms with Crippen molar-refractivity contribution >= 4 is 11.6 Å². The van der Waals surface area contributed by atoms with Crippen molar-refractivity contribution in [2.45, 2.75) is 44.6 Å². The molecule has 2 rings (SSSR count). The van der Waals surface area contributed by atoms with Crippen LogP contribution in [0, 0.1) is 17.2 Å². The third-order valence-corrected chi connectivity index (χ3v) is 4.34. The Morgan fingerprint density at radius 3 is 2.79 bits per heavy atom. The summed E-state index contributed by atoms with van der Waals surface area (Å²) in [6, 6.07) is 10.4. The monoisotopic (exact) mass is 276 g/mol. The standard InChI is InChI=1S/C16H21ClN2/c1-13-5-8-16(12-18,9-6-13)19-10-7-14-3-2-4-15(17)11-14/h2-4,11,13,19H,5-10H2,1H3. The van der Waals surface area contributed by atoms with Crippen molar-refractivity contribution in [1.82, 2.24) is 5.32 Å². The fourth-order valence-corrected chi connectivity index (χ4v) is 2.93. The summed E-state index contributed by atoms with van der Waals surface area (Å²) in [6.07, 6.45) is 5.16. The molecule has 0 amide bonds. The normalized spacial score (nSPS) is 26.9. The van der Waals surface area contributed by atoms with Gasteiger partial charge in [0, 0.05) is 11.6 Å². The molecule has 1 aromatic rings. The molecule has 3 heteroatoms. The molecule has 1 saturated carbocycles. The number of hydrogen-bond donors (Lipinski definition) is 1. The van der Waals surface area contributed by atoms with Gasteiger partial charge in [-0.3, -0.25) is 5.32 Å². The summed E-state index contributed by atoms with van der Waals surface area (Å²) in [5.74, 6) is 0.760. The highest BCUT2D eigenvalue weighted by molar-refractivity contribution is 6.30. The van der Waals surface area contributed by atoms with Crippen LogP contribution in [0.25, 0.3) is 0 Å². The van der Waals surface area contributed by atoms with Gasteiger partial charge in [-0.05, 0) is 55.7 Å². The molecule has 19 heavy (non-hydrogen) atoms. The zero-order valence-corrected chi connectivity index (χ0v) is 12.2. The number of halogens is 1. The maximum absolute atomic E-state index is 9.44. The van der Waals surface area contributed by atoms with Crippen LogP contribution in [0.5, 0.6) is 0 Å². The largest absolute Gasteiger partial charge is 0.299 e. The minimum atomic E-state index is -0.301. The minimum Gasteiger partial charge on any atom is -0.299 e. The van der Waals surface area contributed by atoms with Gasteiger partial charge in [0.1, 0.15) is 5.54 Å². The first-order chi connectivity index (χ1) is 9.13. The van der Waals surface area contributed by atoms with Crippen LogP contribution in [-0.4, -0.2) is 12.1 Å². The van der Waals surface area contributed by atoms with Gasteiger partial charge in [0.05, 0.1) is 6.07 Å². The molecule has 0 aromatic heterocycles. The highest BCUT2D eigenvalue weighted by atomic mass is 35.5. The van der Waals surface area contributed by atoms with Crippen LogP contribution in [0.1, 0.15) is 38.2 Å². The lowest BCUT2D eigenvalue weighted by Gasteiger charge is -2.34. The zero-order valence-electron chi connectivity index (χ0n) is 11.5. The van der Waals surface area contributed by atoms with E-state index in [2.05, 4.69) is 24.4 Å². The van der Waals surface area contributed by atoms with Crippen LogP contribution in [0.4, 0.5) is 0 Å². The van der Waals surface area contributed by atoms with E-state index in [4.69, 9.17) is 11.6 Å². The van der Waals surface area contributed by atoms with Crippen LogP contribution in [-0.2, 0) is 6.42 Å². The van der Waals surface area contributed by atoms with Gasteiger partial charge in [-0.1, -0.05) is 30.7 Å². The summed E-state index contributed by atoms with van der Waals surface area (Å²) in [5.41, 5.74) is 0.919. The molecule has 0 bridgehead atoms. The topological polar surface area (TPSA) is 35.8 Å². The Morgan fingerprint density at radius 2 is 2.16 bits per heavy atom. The predicted molar refractivity (Wildman–Crippen MR) is 79.1 cm³/mol. The molecular formula is C16H21ClN2. The Bertz CT molecular complexity index is 456. The lowest BCUT2D eigenvalue weighted by atomic mass is 9.78. The SMILES string of the molecule is CC1CCC(C#N)(NCCc2cccc(Cl)c2)CC1.